The Morgan fingerprint density at radius 2 is 1.74 bits per heavy atom. The molecule has 0 aliphatic carbocycles. The highest BCUT2D eigenvalue weighted by molar-refractivity contribution is 6.37. The third-order valence-corrected chi connectivity index (χ3v) is 6.38. The zero-order valence-corrected chi connectivity index (χ0v) is 19.0. The van der Waals surface area contributed by atoms with Crippen LogP contribution in [-0.4, -0.2) is 28.8 Å². The fourth-order valence-corrected chi connectivity index (χ4v) is 4.55. The molecule has 1 fully saturated rings. The smallest absolute Gasteiger partial charge is 0.270 e. The minimum absolute atomic E-state index is 0.0535. The molecule has 1 amide bonds. The van der Waals surface area contributed by atoms with Crippen LogP contribution in [0.25, 0.3) is 11.3 Å². The van der Waals surface area contributed by atoms with Gasteiger partial charge in [0.25, 0.3) is 11.6 Å². The van der Waals surface area contributed by atoms with Gasteiger partial charge in [0.1, 0.15) is 0 Å². The second-order valence-electron chi connectivity index (χ2n) is 8.86. The van der Waals surface area contributed by atoms with Gasteiger partial charge in [-0.1, -0.05) is 42.0 Å². The Hall–Kier alpha value is -3.97. The predicted octanol–water partition coefficient (Wildman–Crippen LogP) is 5.43. The van der Waals surface area contributed by atoms with Crippen LogP contribution in [0.15, 0.2) is 66.7 Å². The highest BCUT2D eigenvalue weighted by Gasteiger charge is 2.30. The van der Waals surface area contributed by atoms with E-state index in [1.54, 1.807) is 6.07 Å². The Morgan fingerprint density at radius 1 is 1.03 bits per heavy atom. The number of non-ortho nitro benzene ring substituents is 1. The Balaban J connectivity index is 1.54. The number of nitro benzene ring substituents is 1. The normalized spacial score (nSPS) is 16.8. The van der Waals surface area contributed by atoms with Crippen LogP contribution in [0.5, 0.6) is 0 Å². The second-order valence-corrected chi connectivity index (χ2v) is 8.86. The maximum Gasteiger partial charge on any atom is 0.270 e. The first-order valence-electron chi connectivity index (χ1n) is 11.5. The molecule has 0 saturated carbocycles. The van der Waals surface area contributed by atoms with Crippen LogP contribution in [-0.2, 0) is 11.3 Å². The lowest BCUT2D eigenvalue weighted by Gasteiger charge is -2.17. The van der Waals surface area contributed by atoms with E-state index in [4.69, 9.17) is 0 Å². The van der Waals surface area contributed by atoms with Crippen LogP contribution >= 0.6 is 0 Å². The number of rotatable bonds is 6. The van der Waals surface area contributed by atoms with Gasteiger partial charge in [0.15, 0.2) is 0 Å². The van der Waals surface area contributed by atoms with Crippen molar-refractivity contribution in [2.45, 2.75) is 26.3 Å². The van der Waals surface area contributed by atoms with Crippen molar-refractivity contribution in [2.24, 2.45) is 0 Å². The number of benzene rings is 3. The van der Waals surface area contributed by atoms with Gasteiger partial charge in [-0.25, -0.2) is 0 Å². The van der Waals surface area contributed by atoms with E-state index in [0.29, 0.717) is 22.5 Å². The van der Waals surface area contributed by atoms with Gasteiger partial charge >= 0.3 is 0 Å². The van der Waals surface area contributed by atoms with Crippen molar-refractivity contribution in [3.8, 4) is 0 Å². The van der Waals surface area contributed by atoms with Crippen molar-refractivity contribution in [3.05, 3.63) is 99.1 Å². The van der Waals surface area contributed by atoms with Gasteiger partial charge in [-0.15, -0.1) is 0 Å². The molecule has 2 N–H and O–H groups in total. The Labute approximate surface area is 198 Å². The maximum atomic E-state index is 13.0. The number of hydrogen-bond acceptors (Lipinski definition) is 5. The second kappa shape index (κ2) is 9.11. The molecule has 0 aromatic heterocycles. The average Bonchev–Trinajstić information content (AvgIpc) is 3.45. The number of anilines is 2. The SMILES string of the molecule is Cc1ccc(C(Nc2ccc(CN3CCCC3)cc2)=C2C(=O)Nc3ccc([N+](=O)[O-])cc32)cc1. The number of amides is 1. The molecule has 2 aliphatic rings. The van der Waals surface area contributed by atoms with E-state index in [1.165, 1.54) is 30.5 Å². The molecule has 1 saturated heterocycles. The quantitative estimate of drug-likeness (QED) is 0.295. The Bertz CT molecular complexity index is 1270. The van der Waals surface area contributed by atoms with Crippen LogP contribution < -0.4 is 10.6 Å². The van der Waals surface area contributed by atoms with Crippen molar-refractivity contribution >= 4 is 34.2 Å². The summed E-state index contributed by atoms with van der Waals surface area (Å²) in [6, 6.07) is 20.6. The van der Waals surface area contributed by atoms with E-state index in [0.717, 1.165) is 36.4 Å². The van der Waals surface area contributed by atoms with Gasteiger partial charge in [-0.3, -0.25) is 19.8 Å². The van der Waals surface area contributed by atoms with Crippen LogP contribution in [0.3, 0.4) is 0 Å². The zero-order chi connectivity index (χ0) is 23.7. The summed E-state index contributed by atoms with van der Waals surface area (Å²) in [5.41, 5.74) is 6.07. The van der Waals surface area contributed by atoms with Gasteiger partial charge in [0, 0.05) is 35.6 Å². The summed E-state index contributed by atoms with van der Waals surface area (Å²) in [4.78, 5) is 26.4. The number of nitro groups is 1. The summed E-state index contributed by atoms with van der Waals surface area (Å²) < 4.78 is 0. The van der Waals surface area contributed by atoms with Crippen LogP contribution in [0.1, 0.15) is 35.1 Å². The third-order valence-electron chi connectivity index (χ3n) is 6.38. The first kappa shape index (κ1) is 21.9. The van der Waals surface area contributed by atoms with E-state index in [2.05, 4.69) is 27.7 Å². The molecule has 0 bridgehead atoms. The van der Waals surface area contributed by atoms with Crippen molar-refractivity contribution in [1.29, 1.82) is 0 Å². The molecule has 2 heterocycles. The summed E-state index contributed by atoms with van der Waals surface area (Å²) in [6.07, 6.45) is 2.52. The number of fused-ring (bicyclic) bond motifs is 1. The van der Waals surface area contributed by atoms with Gasteiger partial charge in [-0.05, 0) is 62.2 Å². The molecule has 0 unspecified atom stereocenters. The first-order valence-corrected chi connectivity index (χ1v) is 11.5. The number of carbonyl (C=O) groups is 1. The minimum atomic E-state index is -0.446. The van der Waals surface area contributed by atoms with E-state index in [9.17, 15) is 14.9 Å². The van der Waals surface area contributed by atoms with Gasteiger partial charge in [0.2, 0.25) is 0 Å². The predicted molar refractivity (Wildman–Crippen MR) is 134 cm³/mol. The number of nitrogens with one attached hydrogen (secondary N) is 2. The number of nitrogens with zero attached hydrogens (tertiary/aromatic N) is 2. The molecule has 0 radical (unpaired) electrons. The molecule has 7 nitrogen and oxygen atoms in total. The van der Waals surface area contributed by atoms with Crippen molar-refractivity contribution in [1.82, 2.24) is 4.90 Å². The molecule has 2 aliphatic heterocycles. The highest BCUT2D eigenvalue weighted by atomic mass is 16.6. The standard InChI is InChI=1S/C27H26N4O3/c1-18-4-8-20(9-5-18)26(25-23-16-22(31(33)34)12-13-24(23)29-27(25)32)28-21-10-6-19(7-11-21)17-30-14-2-3-15-30/h4-13,16,28H,2-3,14-15,17H2,1H3,(H,29,32). The number of hydrogen-bond donors (Lipinski definition) is 2. The molecule has 5 rings (SSSR count). The summed E-state index contributed by atoms with van der Waals surface area (Å²) >= 11 is 0. The zero-order valence-electron chi connectivity index (χ0n) is 19.0. The topological polar surface area (TPSA) is 87.5 Å². The van der Waals surface area contributed by atoms with E-state index < -0.39 is 4.92 Å². The van der Waals surface area contributed by atoms with Crippen LogP contribution in [0.2, 0.25) is 0 Å². The van der Waals surface area contributed by atoms with Crippen molar-refractivity contribution in [3.63, 3.8) is 0 Å². The first-order chi connectivity index (χ1) is 16.5. The maximum absolute atomic E-state index is 13.0. The molecular weight excluding hydrogens is 428 g/mol. The fourth-order valence-electron chi connectivity index (χ4n) is 4.55. The molecule has 3 aromatic carbocycles. The third kappa shape index (κ3) is 4.43. The van der Waals surface area contributed by atoms with E-state index >= 15 is 0 Å². The summed E-state index contributed by atoms with van der Waals surface area (Å²) in [5.74, 6) is -0.288. The van der Waals surface area contributed by atoms with Gasteiger partial charge in [-0.2, -0.15) is 0 Å². The lowest BCUT2D eigenvalue weighted by Crippen LogP contribution is -2.18. The lowest BCUT2D eigenvalue weighted by atomic mass is 9.99. The largest absolute Gasteiger partial charge is 0.354 e. The van der Waals surface area contributed by atoms with Crippen LogP contribution in [0.4, 0.5) is 17.1 Å². The summed E-state index contributed by atoms with van der Waals surface area (Å²) in [6.45, 7) is 5.23. The molecule has 34 heavy (non-hydrogen) atoms. The number of carbonyl (C=O) groups excluding carboxylic acids is 1. The number of aryl methyl sites for hydroxylation is 1. The average molecular weight is 455 g/mol. The van der Waals surface area contributed by atoms with Crippen molar-refractivity contribution < 1.29 is 9.72 Å². The van der Waals surface area contributed by atoms with Crippen molar-refractivity contribution in [2.75, 3.05) is 23.7 Å². The molecular formula is C27H26N4O3. The van der Waals surface area contributed by atoms with Gasteiger partial charge < -0.3 is 10.6 Å². The number of likely N-dealkylation sites (tertiary alicyclic amines) is 1. The van der Waals surface area contributed by atoms with Crippen LogP contribution in [0, 0.1) is 17.0 Å². The molecule has 0 atom stereocenters. The molecule has 172 valence electrons. The van der Waals surface area contributed by atoms with E-state index in [-0.39, 0.29) is 11.6 Å². The minimum Gasteiger partial charge on any atom is -0.354 e. The van der Waals surface area contributed by atoms with Gasteiger partial charge in [0.05, 0.1) is 16.2 Å². The highest BCUT2D eigenvalue weighted by Crippen LogP contribution is 2.39. The summed E-state index contributed by atoms with van der Waals surface area (Å²) in [5, 5.41) is 17.7. The monoisotopic (exact) mass is 454 g/mol. The Morgan fingerprint density at radius 3 is 2.41 bits per heavy atom. The fraction of sp³-hybridized carbons (Fsp3) is 0.222. The Kier molecular flexibility index (Phi) is 5.86. The molecule has 7 heteroatoms. The molecule has 3 aromatic rings. The lowest BCUT2D eigenvalue weighted by molar-refractivity contribution is -0.384. The summed E-state index contributed by atoms with van der Waals surface area (Å²) in [7, 11) is 0. The molecule has 0 spiro atoms. The van der Waals surface area contributed by atoms with E-state index in [1.807, 2.05) is 43.3 Å².